The summed E-state index contributed by atoms with van der Waals surface area (Å²) in [5, 5.41) is 0. The van der Waals surface area contributed by atoms with Crippen molar-refractivity contribution in [2.75, 3.05) is 6.54 Å². The summed E-state index contributed by atoms with van der Waals surface area (Å²) >= 11 is 0. The van der Waals surface area contributed by atoms with Crippen LogP contribution < -0.4 is 0 Å². The molecule has 7 nitrogen and oxygen atoms in total. The normalized spacial score (nSPS) is 18.0. The van der Waals surface area contributed by atoms with E-state index in [1.54, 1.807) is 24.8 Å². The summed E-state index contributed by atoms with van der Waals surface area (Å²) < 4.78 is 3.92. The van der Waals surface area contributed by atoms with Gasteiger partial charge in [0.15, 0.2) is 11.3 Å². The minimum atomic E-state index is -0.0398. The van der Waals surface area contributed by atoms with Gasteiger partial charge in [-0.15, -0.1) is 0 Å². The second-order valence-corrected chi connectivity index (χ2v) is 5.86. The molecule has 4 rings (SSSR count). The number of aromatic nitrogens is 5. The van der Waals surface area contributed by atoms with Crippen molar-refractivity contribution < 1.29 is 4.79 Å². The third-order valence-corrected chi connectivity index (χ3v) is 4.48. The molecular formula is C16H18N6O. The fourth-order valence-corrected chi connectivity index (χ4v) is 3.26. The first kappa shape index (κ1) is 13.9. The smallest absolute Gasteiger partial charge is 0.276 e. The lowest BCUT2D eigenvalue weighted by atomic mass is 10.2. The molecular weight excluding hydrogens is 292 g/mol. The monoisotopic (exact) mass is 310 g/mol. The number of carbonyl (C=O) groups excluding carboxylic acids is 1. The number of nitrogens with zero attached hydrogens (tertiary/aromatic N) is 6. The van der Waals surface area contributed by atoms with E-state index >= 15 is 0 Å². The van der Waals surface area contributed by atoms with Crippen LogP contribution in [-0.2, 0) is 6.54 Å². The minimum absolute atomic E-state index is 0.0398. The van der Waals surface area contributed by atoms with Gasteiger partial charge < -0.3 is 13.9 Å². The topological polar surface area (TPSA) is 68.3 Å². The van der Waals surface area contributed by atoms with Gasteiger partial charge in [0, 0.05) is 50.3 Å². The summed E-state index contributed by atoms with van der Waals surface area (Å²) in [6, 6.07) is 0.174. The minimum Gasteiger partial charge on any atom is -0.333 e. The lowest BCUT2D eigenvalue weighted by Crippen LogP contribution is -2.38. The van der Waals surface area contributed by atoms with Crippen molar-refractivity contribution in [2.24, 2.45) is 0 Å². The molecule has 1 amide bonds. The third kappa shape index (κ3) is 2.38. The summed E-state index contributed by atoms with van der Waals surface area (Å²) in [4.78, 5) is 27.7. The maximum Gasteiger partial charge on any atom is 0.276 e. The first-order chi connectivity index (χ1) is 11.2. The second-order valence-electron chi connectivity index (χ2n) is 5.86. The van der Waals surface area contributed by atoms with Crippen LogP contribution in [0.15, 0.2) is 37.2 Å². The van der Waals surface area contributed by atoms with E-state index in [0.29, 0.717) is 11.3 Å². The van der Waals surface area contributed by atoms with Crippen LogP contribution in [0, 0.1) is 6.92 Å². The van der Waals surface area contributed by atoms with Crippen LogP contribution in [0.3, 0.4) is 0 Å². The summed E-state index contributed by atoms with van der Waals surface area (Å²) in [5.74, 6) is 0.930. The Kier molecular flexibility index (Phi) is 3.33. The predicted octanol–water partition coefficient (Wildman–Crippen LogP) is 1.54. The van der Waals surface area contributed by atoms with Crippen LogP contribution in [0.2, 0.25) is 0 Å². The molecule has 1 unspecified atom stereocenters. The van der Waals surface area contributed by atoms with Gasteiger partial charge in [-0.1, -0.05) is 0 Å². The summed E-state index contributed by atoms with van der Waals surface area (Å²) in [5.41, 5.74) is 1.04. The van der Waals surface area contributed by atoms with Gasteiger partial charge in [-0.25, -0.2) is 15.0 Å². The Morgan fingerprint density at radius 1 is 1.17 bits per heavy atom. The lowest BCUT2D eigenvalue weighted by Gasteiger charge is -2.25. The lowest BCUT2D eigenvalue weighted by molar-refractivity contribution is 0.0719. The average Bonchev–Trinajstić information content (AvgIpc) is 3.28. The van der Waals surface area contributed by atoms with Crippen molar-refractivity contribution in [3.05, 3.63) is 48.7 Å². The molecule has 1 fully saturated rings. The SMILES string of the molecule is Cc1nccn1CC1CCCN1C(=O)c1nccn2ccnc12. The first-order valence-corrected chi connectivity index (χ1v) is 7.80. The van der Waals surface area contributed by atoms with E-state index in [0.717, 1.165) is 31.8 Å². The van der Waals surface area contributed by atoms with Crippen LogP contribution >= 0.6 is 0 Å². The molecule has 3 aromatic heterocycles. The Labute approximate surface area is 133 Å². The van der Waals surface area contributed by atoms with Crippen LogP contribution in [0.5, 0.6) is 0 Å². The maximum absolute atomic E-state index is 13.0. The van der Waals surface area contributed by atoms with E-state index in [9.17, 15) is 4.79 Å². The molecule has 7 heteroatoms. The van der Waals surface area contributed by atoms with E-state index in [1.807, 2.05) is 28.6 Å². The highest BCUT2D eigenvalue weighted by molar-refractivity contribution is 5.98. The Bertz CT molecular complexity index is 851. The van der Waals surface area contributed by atoms with Gasteiger partial charge >= 0.3 is 0 Å². The maximum atomic E-state index is 13.0. The number of carbonyl (C=O) groups is 1. The zero-order valence-electron chi connectivity index (χ0n) is 13.0. The van der Waals surface area contributed by atoms with Crippen molar-refractivity contribution in [2.45, 2.75) is 32.4 Å². The van der Waals surface area contributed by atoms with Gasteiger partial charge in [0.05, 0.1) is 6.04 Å². The fourth-order valence-electron chi connectivity index (χ4n) is 3.26. The van der Waals surface area contributed by atoms with Crippen LogP contribution in [-0.4, -0.2) is 47.3 Å². The average molecular weight is 310 g/mol. The molecule has 0 radical (unpaired) electrons. The molecule has 0 saturated carbocycles. The molecule has 1 atom stereocenters. The summed E-state index contributed by atoms with van der Waals surface area (Å²) in [7, 11) is 0. The molecule has 3 aromatic rings. The molecule has 1 aliphatic rings. The largest absolute Gasteiger partial charge is 0.333 e. The first-order valence-electron chi connectivity index (χ1n) is 7.80. The molecule has 0 bridgehead atoms. The third-order valence-electron chi connectivity index (χ3n) is 4.48. The van der Waals surface area contributed by atoms with Crippen LogP contribution in [0.1, 0.15) is 29.2 Å². The molecule has 0 spiro atoms. The Morgan fingerprint density at radius 2 is 1.96 bits per heavy atom. The van der Waals surface area contributed by atoms with Gasteiger partial charge in [0.1, 0.15) is 5.82 Å². The van der Waals surface area contributed by atoms with Gasteiger partial charge in [-0.2, -0.15) is 0 Å². The number of hydrogen-bond donors (Lipinski definition) is 0. The fraction of sp³-hybridized carbons (Fsp3) is 0.375. The van der Waals surface area contributed by atoms with Gasteiger partial charge in [0.2, 0.25) is 0 Å². The molecule has 0 aromatic carbocycles. The number of aryl methyl sites for hydroxylation is 1. The van der Waals surface area contributed by atoms with Crippen LogP contribution in [0.4, 0.5) is 0 Å². The quantitative estimate of drug-likeness (QED) is 0.736. The number of hydrogen-bond acceptors (Lipinski definition) is 4. The predicted molar refractivity (Wildman–Crippen MR) is 84.0 cm³/mol. The van der Waals surface area contributed by atoms with Gasteiger partial charge in [-0.3, -0.25) is 4.79 Å². The highest BCUT2D eigenvalue weighted by Gasteiger charge is 2.31. The molecule has 118 valence electrons. The number of likely N-dealkylation sites (tertiary alicyclic amines) is 1. The summed E-state index contributed by atoms with van der Waals surface area (Å²) in [6.07, 6.45) is 12.7. The number of imidazole rings is 2. The Morgan fingerprint density at radius 3 is 2.74 bits per heavy atom. The highest BCUT2D eigenvalue weighted by atomic mass is 16.2. The second kappa shape index (κ2) is 5.49. The molecule has 0 aliphatic carbocycles. The Hall–Kier alpha value is -2.70. The van der Waals surface area contributed by atoms with Crippen molar-refractivity contribution in [1.82, 2.24) is 28.8 Å². The summed E-state index contributed by atoms with van der Waals surface area (Å²) in [6.45, 7) is 3.52. The van der Waals surface area contributed by atoms with Gasteiger partial charge in [-0.05, 0) is 19.8 Å². The van der Waals surface area contributed by atoms with Crippen molar-refractivity contribution in [3.8, 4) is 0 Å². The van der Waals surface area contributed by atoms with E-state index in [4.69, 9.17) is 0 Å². The van der Waals surface area contributed by atoms with E-state index in [-0.39, 0.29) is 11.9 Å². The van der Waals surface area contributed by atoms with Gasteiger partial charge in [0.25, 0.3) is 5.91 Å². The zero-order chi connectivity index (χ0) is 15.8. The van der Waals surface area contributed by atoms with E-state index in [2.05, 4.69) is 19.5 Å². The molecule has 23 heavy (non-hydrogen) atoms. The number of amides is 1. The van der Waals surface area contributed by atoms with Crippen molar-refractivity contribution in [1.29, 1.82) is 0 Å². The van der Waals surface area contributed by atoms with Crippen molar-refractivity contribution in [3.63, 3.8) is 0 Å². The molecule has 1 aliphatic heterocycles. The Balaban J connectivity index is 1.62. The zero-order valence-corrected chi connectivity index (χ0v) is 13.0. The standard InChI is InChI=1S/C16H18N6O/c1-12-17-4-10-21(12)11-13-3-2-7-22(13)16(23)14-15-19-6-9-20(15)8-5-18-14/h4-6,8-10,13H,2-3,7,11H2,1H3. The molecule has 1 saturated heterocycles. The highest BCUT2D eigenvalue weighted by Crippen LogP contribution is 2.22. The van der Waals surface area contributed by atoms with Crippen molar-refractivity contribution >= 4 is 11.6 Å². The van der Waals surface area contributed by atoms with E-state index in [1.165, 1.54) is 0 Å². The van der Waals surface area contributed by atoms with E-state index < -0.39 is 0 Å². The van der Waals surface area contributed by atoms with Crippen LogP contribution in [0.25, 0.3) is 5.65 Å². The number of rotatable bonds is 3. The molecule has 0 N–H and O–H groups in total. The number of fused-ring (bicyclic) bond motifs is 1. The molecule has 4 heterocycles.